The second kappa shape index (κ2) is 12.8. The fraction of sp³-hybridized carbons (Fsp3) is 0.310. The van der Waals surface area contributed by atoms with Crippen molar-refractivity contribution in [2.75, 3.05) is 43.5 Å². The highest BCUT2D eigenvalue weighted by atomic mass is 19.2. The van der Waals surface area contributed by atoms with E-state index in [4.69, 9.17) is 9.47 Å². The largest absolute Gasteiger partial charge is 0.454 e. The monoisotopic (exact) mass is 563 g/mol. The van der Waals surface area contributed by atoms with Gasteiger partial charge >= 0.3 is 6.03 Å². The molecule has 5 rings (SSSR count). The summed E-state index contributed by atoms with van der Waals surface area (Å²) in [6.45, 7) is 8.87. The summed E-state index contributed by atoms with van der Waals surface area (Å²) in [7, 11) is 0. The van der Waals surface area contributed by atoms with Crippen LogP contribution in [0.25, 0.3) is 11.3 Å². The SMILES string of the molecule is CC(C)c1cncc(NC(=O)Nc2ccc(Oc3ccnc(-c4cnn(CCN5CCOCC5)c4)c3)c(F)c2F)c1. The Morgan fingerprint density at radius 1 is 1.05 bits per heavy atom. The molecule has 4 aromatic rings. The van der Waals surface area contributed by atoms with Crippen LogP contribution >= 0.6 is 0 Å². The Bertz CT molecular complexity index is 1510. The Hall–Kier alpha value is -4.42. The van der Waals surface area contributed by atoms with Crippen LogP contribution in [0, 0.1) is 11.6 Å². The zero-order valence-corrected chi connectivity index (χ0v) is 22.8. The molecule has 4 heterocycles. The number of carbonyl (C=O) groups excluding carboxylic acids is 1. The maximum absolute atomic E-state index is 14.9. The van der Waals surface area contributed by atoms with Crippen molar-refractivity contribution >= 4 is 17.4 Å². The highest BCUT2D eigenvalue weighted by Gasteiger charge is 2.18. The van der Waals surface area contributed by atoms with Gasteiger partial charge in [0.15, 0.2) is 11.6 Å². The van der Waals surface area contributed by atoms with E-state index >= 15 is 0 Å². The molecular weight excluding hydrogens is 532 g/mol. The van der Waals surface area contributed by atoms with Crippen LogP contribution in [0.1, 0.15) is 25.3 Å². The number of morpholine rings is 1. The summed E-state index contributed by atoms with van der Waals surface area (Å²) >= 11 is 0. The number of hydrogen-bond donors (Lipinski definition) is 2. The number of benzene rings is 1. The Kier molecular flexibility index (Phi) is 8.80. The molecule has 1 aliphatic rings. The van der Waals surface area contributed by atoms with Crippen molar-refractivity contribution in [3.63, 3.8) is 0 Å². The molecule has 12 heteroatoms. The number of ether oxygens (including phenoxy) is 2. The van der Waals surface area contributed by atoms with E-state index in [1.807, 2.05) is 24.7 Å². The van der Waals surface area contributed by atoms with Crippen LogP contribution in [0.2, 0.25) is 0 Å². The van der Waals surface area contributed by atoms with E-state index < -0.39 is 17.7 Å². The maximum Gasteiger partial charge on any atom is 0.323 e. The number of halogens is 2. The summed E-state index contributed by atoms with van der Waals surface area (Å²) in [4.78, 5) is 23.2. The topological polar surface area (TPSA) is 106 Å². The van der Waals surface area contributed by atoms with Gasteiger partial charge in [0.05, 0.1) is 49.2 Å². The molecular formula is C29H31F2N7O3. The zero-order chi connectivity index (χ0) is 28.8. The zero-order valence-electron chi connectivity index (χ0n) is 22.8. The third-order valence-corrected chi connectivity index (χ3v) is 6.62. The molecule has 0 atom stereocenters. The third-order valence-electron chi connectivity index (χ3n) is 6.62. The molecule has 0 aliphatic carbocycles. The van der Waals surface area contributed by atoms with Gasteiger partial charge in [0, 0.05) is 49.9 Å². The average Bonchev–Trinajstić information content (AvgIpc) is 3.46. The Balaban J connectivity index is 1.22. The van der Waals surface area contributed by atoms with Crippen LogP contribution in [0.5, 0.6) is 11.5 Å². The van der Waals surface area contributed by atoms with E-state index in [2.05, 4.69) is 30.6 Å². The van der Waals surface area contributed by atoms with E-state index in [0.717, 1.165) is 50.5 Å². The van der Waals surface area contributed by atoms with Gasteiger partial charge in [0.2, 0.25) is 5.82 Å². The van der Waals surface area contributed by atoms with Gasteiger partial charge in [-0.05, 0) is 35.7 Å². The van der Waals surface area contributed by atoms with Gasteiger partial charge in [0.25, 0.3) is 0 Å². The summed E-state index contributed by atoms with van der Waals surface area (Å²) in [6, 6.07) is 6.69. The number of rotatable bonds is 9. The van der Waals surface area contributed by atoms with Crippen molar-refractivity contribution < 1.29 is 23.0 Å². The molecule has 10 nitrogen and oxygen atoms in total. The second-order valence-electron chi connectivity index (χ2n) is 9.90. The first-order chi connectivity index (χ1) is 19.9. The predicted octanol–water partition coefficient (Wildman–Crippen LogP) is 5.51. The summed E-state index contributed by atoms with van der Waals surface area (Å²) in [6.07, 6.45) is 8.28. The lowest BCUT2D eigenvalue weighted by Crippen LogP contribution is -2.38. The van der Waals surface area contributed by atoms with Crippen LogP contribution in [0.3, 0.4) is 0 Å². The number of anilines is 2. The quantitative estimate of drug-likeness (QED) is 0.277. The number of aromatic nitrogens is 4. The predicted molar refractivity (Wildman–Crippen MR) is 150 cm³/mol. The van der Waals surface area contributed by atoms with Gasteiger partial charge in [-0.15, -0.1) is 0 Å². The van der Waals surface area contributed by atoms with Gasteiger partial charge < -0.3 is 20.1 Å². The Labute approximate surface area is 236 Å². The van der Waals surface area contributed by atoms with Crippen molar-refractivity contribution in [3.8, 4) is 22.8 Å². The first kappa shape index (κ1) is 28.1. The lowest BCUT2D eigenvalue weighted by molar-refractivity contribution is 0.0360. The first-order valence-electron chi connectivity index (χ1n) is 13.3. The molecule has 0 saturated carbocycles. The summed E-state index contributed by atoms with van der Waals surface area (Å²) < 4.78 is 42.6. The third kappa shape index (κ3) is 7.21. The standard InChI is InChI=1S/C29H31F2N7O3/c1-19(2)20-13-22(17-32-15-20)35-29(39)36-24-3-4-26(28(31)27(24)30)41-23-5-6-33-25(14-23)21-16-34-38(18-21)8-7-37-9-11-40-12-10-37/h3-6,13-19H,7-12H2,1-2H3,(H2,35,36,39). The molecule has 1 saturated heterocycles. The highest BCUT2D eigenvalue weighted by molar-refractivity contribution is 5.99. The number of amides is 2. The van der Waals surface area contributed by atoms with Crippen molar-refractivity contribution in [2.45, 2.75) is 26.3 Å². The molecule has 2 amide bonds. The van der Waals surface area contributed by atoms with Gasteiger partial charge in [-0.1, -0.05) is 13.8 Å². The van der Waals surface area contributed by atoms with E-state index in [1.54, 1.807) is 30.6 Å². The fourth-order valence-electron chi connectivity index (χ4n) is 4.28. The minimum Gasteiger partial charge on any atom is -0.454 e. The maximum atomic E-state index is 14.9. The van der Waals surface area contributed by atoms with Gasteiger partial charge in [-0.3, -0.25) is 19.5 Å². The van der Waals surface area contributed by atoms with E-state index in [1.165, 1.54) is 24.5 Å². The van der Waals surface area contributed by atoms with E-state index in [9.17, 15) is 13.6 Å². The molecule has 41 heavy (non-hydrogen) atoms. The molecule has 214 valence electrons. The first-order valence-corrected chi connectivity index (χ1v) is 13.3. The summed E-state index contributed by atoms with van der Waals surface area (Å²) in [5.74, 6) is -2.33. The summed E-state index contributed by atoms with van der Waals surface area (Å²) in [5, 5.41) is 9.32. The van der Waals surface area contributed by atoms with Crippen LogP contribution in [-0.2, 0) is 11.3 Å². The number of nitrogens with zero attached hydrogens (tertiary/aromatic N) is 5. The number of urea groups is 1. The van der Waals surface area contributed by atoms with Crippen LogP contribution in [0.15, 0.2) is 61.3 Å². The lowest BCUT2D eigenvalue weighted by Gasteiger charge is -2.26. The molecule has 0 radical (unpaired) electrons. The van der Waals surface area contributed by atoms with Crippen LogP contribution in [0.4, 0.5) is 25.0 Å². The lowest BCUT2D eigenvalue weighted by atomic mass is 10.1. The average molecular weight is 564 g/mol. The molecule has 0 bridgehead atoms. The van der Waals surface area contributed by atoms with Crippen molar-refractivity contribution in [1.29, 1.82) is 0 Å². The molecule has 1 aliphatic heterocycles. The molecule has 0 unspecified atom stereocenters. The van der Waals surface area contributed by atoms with E-state index in [0.29, 0.717) is 11.4 Å². The van der Waals surface area contributed by atoms with Gasteiger partial charge in [-0.25, -0.2) is 9.18 Å². The van der Waals surface area contributed by atoms with E-state index in [-0.39, 0.29) is 23.1 Å². The molecule has 0 spiro atoms. The number of nitrogens with one attached hydrogen (secondary N) is 2. The number of pyridine rings is 2. The Morgan fingerprint density at radius 3 is 2.68 bits per heavy atom. The number of hydrogen-bond acceptors (Lipinski definition) is 7. The minimum absolute atomic E-state index is 0.214. The minimum atomic E-state index is -1.25. The molecule has 3 aromatic heterocycles. The van der Waals surface area contributed by atoms with Crippen LogP contribution < -0.4 is 15.4 Å². The highest BCUT2D eigenvalue weighted by Crippen LogP contribution is 2.31. The smallest absolute Gasteiger partial charge is 0.323 e. The van der Waals surface area contributed by atoms with Gasteiger partial charge in [-0.2, -0.15) is 9.49 Å². The molecule has 1 fully saturated rings. The number of carbonyl (C=O) groups is 1. The molecule has 2 N–H and O–H groups in total. The summed E-state index contributed by atoms with van der Waals surface area (Å²) in [5.41, 5.74) is 2.38. The van der Waals surface area contributed by atoms with Crippen molar-refractivity contribution in [2.24, 2.45) is 0 Å². The van der Waals surface area contributed by atoms with Gasteiger partial charge in [0.1, 0.15) is 5.75 Å². The van der Waals surface area contributed by atoms with Crippen molar-refractivity contribution in [1.82, 2.24) is 24.6 Å². The Morgan fingerprint density at radius 2 is 1.88 bits per heavy atom. The second-order valence-corrected chi connectivity index (χ2v) is 9.90. The fourth-order valence-corrected chi connectivity index (χ4v) is 4.28. The van der Waals surface area contributed by atoms with Crippen LogP contribution in [-0.4, -0.2) is 63.5 Å². The van der Waals surface area contributed by atoms with Crippen molar-refractivity contribution in [3.05, 3.63) is 78.5 Å². The normalized spacial score (nSPS) is 13.8. The molecule has 1 aromatic carbocycles.